The van der Waals surface area contributed by atoms with Crippen LogP contribution < -0.4 is 9.80 Å². The first kappa shape index (κ1) is 47.6. The van der Waals surface area contributed by atoms with Crippen molar-refractivity contribution in [1.29, 1.82) is 0 Å². The molecule has 2 fully saturated rings. The summed E-state index contributed by atoms with van der Waals surface area (Å²) >= 11 is 11.6. The second-order valence-corrected chi connectivity index (χ2v) is 16.9. The van der Waals surface area contributed by atoms with E-state index in [0.717, 1.165) is 76.8 Å². The molecule has 6 rings (SSSR count). The third-order valence-corrected chi connectivity index (χ3v) is 10.6. The normalized spacial score (nSPS) is 14.7. The van der Waals surface area contributed by atoms with E-state index in [2.05, 4.69) is 29.7 Å². The predicted molar refractivity (Wildman–Crippen MR) is 227 cm³/mol. The van der Waals surface area contributed by atoms with Gasteiger partial charge >= 0.3 is 23.9 Å². The Labute approximate surface area is 368 Å². The van der Waals surface area contributed by atoms with Crippen molar-refractivity contribution in [2.45, 2.75) is 77.7 Å². The molecule has 18 heteroatoms. The van der Waals surface area contributed by atoms with Crippen LogP contribution in [0.1, 0.15) is 91.1 Å². The Bertz CT molecular complexity index is 2140. The van der Waals surface area contributed by atoms with Crippen molar-refractivity contribution < 1.29 is 47.3 Å². The Hall–Kier alpha value is -5.48. The number of esters is 3. The molecule has 4 heterocycles. The average Bonchev–Trinajstić information content (AvgIpc) is 3.23. The first-order valence-electron chi connectivity index (χ1n) is 20.3. The monoisotopic (exact) mass is 898 g/mol. The largest absolute Gasteiger partial charge is 0.481 e. The van der Waals surface area contributed by atoms with Gasteiger partial charge in [0.25, 0.3) is 0 Å². The molecular formula is C44H50Cl2F2N6O8. The van der Waals surface area contributed by atoms with Crippen LogP contribution in [0.15, 0.2) is 61.2 Å². The number of aromatic nitrogens is 4. The summed E-state index contributed by atoms with van der Waals surface area (Å²) in [7, 11) is 0. The Morgan fingerprint density at radius 3 is 1.42 bits per heavy atom. The molecule has 0 aliphatic carbocycles. The molecule has 0 radical (unpaired) electrons. The lowest BCUT2D eigenvalue weighted by molar-refractivity contribution is -0.154. The molecule has 0 unspecified atom stereocenters. The Morgan fingerprint density at radius 1 is 0.677 bits per heavy atom. The number of carbonyl (C=O) groups is 4. The topological polar surface area (TPSA) is 174 Å². The maximum absolute atomic E-state index is 14.4. The predicted octanol–water partition coefficient (Wildman–Crippen LogP) is 7.98. The molecule has 0 saturated carbocycles. The standard InChI is InChI=1S/C24H29ClFN3O4.C20H21ClFN3O4/c1-24(2,3)33-21(30)13-17-4-5-18(12-20(17)26)22(31)32-11-8-16-6-9-29(10-7-16)23-27-14-19(25)15-28-23;21-16-11-23-20(24-12-16)25-6-3-13(4-7-25)5-8-29-19(28)15-2-1-14(10-18(26)27)17(22)9-15/h4-5,12,14-16H,6-11,13H2,1-3H3;1-2,9,11-13H,3-8,10H2,(H,26,27). The van der Waals surface area contributed by atoms with E-state index in [1.54, 1.807) is 45.6 Å². The molecule has 2 aliphatic heterocycles. The maximum atomic E-state index is 14.4. The van der Waals surface area contributed by atoms with Crippen LogP contribution in [0.3, 0.4) is 0 Å². The van der Waals surface area contributed by atoms with Gasteiger partial charge in [-0.15, -0.1) is 0 Å². The minimum absolute atomic E-state index is 0.0328. The van der Waals surface area contributed by atoms with Gasteiger partial charge in [0, 0.05) is 26.2 Å². The number of halogens is 4. The van der Waals surface area contributed by atoms with Crippen LogP contribution in [0, 0.1) is 23.5 Å². The van der Waals surface area contributed by atoms with E-state index in [1.165, 1.54) is 24.3 Å². The average molecular weight is 900 g/mol. The smallest absolute Gasteiger partial charge is 0.338 e. The van der Waals surface area contributed by atoms with Gasteiger partial charge in [-0.05, 0) is 107 Å². The number of aliphatic carboxylic acids is 1. The summed E-state index contributed by atoms with van der Waals surface area (Å²) in [6.45, 7) is 9.04. The molecule has 0 atom stereocenters. The highest BCUT2D eigenvalue weighted by atomic mass is 35.5. The van der Waals surface area contributed by atoms with Crippen molar-refractivity contribution in [3.63, 3.8) is 0 Å². The van der Waals surface area contributed by atoms with Crippen molar-refractivity contribution >= 4 is 59.0 Å². The van der Waals surface area contributed by atoms with Crippen molar-refractivity contribution in [3.8, 4) is 0 Å². The molecule has 2 aromatic heterocycles. The zero-order valence-corrected chi connectivity index (χ0v) is 36.3. The fourth-order valence-corrected chi connectivity index (χ4v) is 7.11. The number of carboxylic acids is 1. The summed E-state index contributed by atoms with van der Waals surface area (Å²) in [5.41, 5.74) is -0.235. The minimum atomic E-state index is -1.13. The number of carbonyl (C=O) groups excluding carboxylic acids is 3. The van der Waals surface area contributed by atoms with E-state index < -0.39 is 47.5 Å². The summed E-state index contributed by atoms with van der Waals surface area (Å²) in [5.74, 6) is -2.03. The van der Waals surface area contributed by atoms with Crippen molar-refractivity contribution in [2.75, 3.05) is 49.2 Å². The number of anilines is 2. The quantitative estimate of drug-likeness (QED) is 0.0953. The summed E-state index contributed by atoms with van der Waals surface area (Å²) in [6, 6.07) is 7.70. The lowest BCUT2D eigenvalue weighted by atomic mass is 9.94. The van der Waals surface area contributed by atoms with Gasteiger partial charge in [0.2, 0.25) is 11.9 Å². The van der Waals surface area contributed by atoms with E-state index in [4.69, 9.17) is 42.5 Å². The van der Waals surface area contributed by atoms with Crippen molar-refractivity contribution in [3.05, 3.63) is 105 Å². The van der Waals surface area contributed by atoms with Gasteiger partial charge in [-0.25, -0.2) is 38.3 Å². The van der Waals surface area contributed by atoms with Gasteiger partial charge in [0.15, 0.2) is 0 Å². The van der Waals surface area contributed by atoms with Gasteiger partial charge in [0.05, 0.1) is 72.0 Å². The van der Waals surface area contributed by atoms with Crippen LogP contribution in [0.2, 0.25) is 10.0 Å². The number of benzene rings is 2. The van der Waals surface area contributed by atoms with Crippen LogP contribution in [0.25, 0.3) is 0 Å². The first-order chi connectivity index (χ1) is 29.5. The molecule has 332 valence electrons. The molecule has 14 nitrogen and oxygen atoms in total. The second kappa shape index (κ2) is 22.6. The van der Waals surface area contributed by atoms with Gasteiger partial charge in [-0.3, -0.25) is 9.59 Å². The third-order valence-electron chi connectivity index (χ3n) is 10.2. The molecule has 0 amide bonds. The fourth-order valence-electron chi connectivity index (χ4n) is 6.92. The molecule has 0 bridgehead atoms. The maximum Gasteiger partial charge on any atom is 0.338 e. The highest BCUT2D eigenvalue weighted by Gasteiger charge is 2.24. The number of piperidine rings is 2. The van der Waals surface area contributed by atoms with Crippen LogP contribution >= 0.6 is 23.2 Å². The summed E-state index contributed by atoms with van der Waals surface area (Å²) in [5, 5.41) is 9.74. The molecule has 2 aliphatic rings. The second-order valence-electron chi connectivity index (χ2n) is 16.1. The van der Waals surface area contributed by atoms with E-state index in [9.17, 15) is 28.0 Å². The molecule has 1 N–H and O–H groups in total. The molecular weight excluding hydrogens is 849 g/mol. The summed E-state index contributed by atoms with van der Waals surface area (Å²) in [6.07, 6.45) is 10.9. The lowest BCUT2D eigenvalue weighted by Crippen LogP contribution is -2.35. The number of rotatable bonds is 14. The van der Waals surface area contributed by atoms with E-state index in [0.29, 0.717) is 33.8 Å². The first-order valence-corrected chi connectivity index (χ1v) is 21.1. The van der Waals surface area contributed by atoms with E-state index >= 15 is 0 Å². The Kier molecular flexibility index (Phi) is 17.3. The molecule has 2 saturated heterocycles. The van der Waals surface area contributed by atoms with Gasteiger partial charge in [-0.1, -0.05) is 35.3 Å². The lowest BCUT2D eigenvalue weighted by Gasteiger charge is -2.31. The summed E-state index contributed by atoms with van der Waals surface area (Å²) < 4.78 is 44.1. The number of hydrogen-bond donors (Lipinski definition) is 1. The highest BCUT2D eigenvalue weighted by Crippen LogP contribution is 2.25. The minimum Gasteiger partial charge on any atom is -0.481 e. The van der Waals surface area contributed by atoms with Crippen LogP contribution in [0.5, 0.6) is 0 Å². The van der Waals surface area contributed by atoms with Crippen LogP contribution in [-0.2, 0) is 36.6 Å². The summed E-state index contributed by atoms with van der Waals surface area (Å²) in [4.78, 5) is 68.1. The van der Waals surface area contributed by atoms with Gasteiger partial charge in [0.1, 0.15) is 17.2 Å². The zero-order chi connectivity index (χ0) is 44.8. The Morgan fingerprint density at radius 2 is 1.06 bits per heavy atom. The number of ether oxygens (including phenoxy) is 3. The fraction of sp³-hybridized carbons (Fsp3) is 0.455. The molecule has 2 aromatic carbocycles. The molecule has 0 spiro atoms. The van der Waals surface area contributed by atoms with Crippen LogP contribution in [-0.4, -0.2) is 93.9 Å². The van der Waals surface area contributed by atoms with E-state index in [-0.39, 0.29) is 41.9 Å². The third kappa shape index (κ3) is 15.2. The van der Waals surface area contributed by atoms with Gasteiger partial charge in [-0.2, -0.15) is 0 Å². The van der Waals surface area contributed by atoms with E-state index in [1.807, 2.05) is 0 Å². The van der Waals surface area contributed by atoms with Gasteiger partial charge < -0.3 is 29.1 Å². The highest BCUT2D eigenvalue weighted by molar-refractivity contribution is 6.30. The van der Waals surface area contributed by atoms with Crippen LogP contribution in [0.4, 0.5) is 20.7 Å². The number of nitrogens with zero attached hydrogens (tertiary/aromatic N) is 6. The molecule has 4 aromatic rings. The Balaban J connectivity index is 0.000000236. The number of hydrogen-bond acceptors (Lipinski definition) is 13. The van der Waals surface area contributed by atoms with Crippen molar-refractivity contribution in [2.24, 2.45) is 11.8 Å². The SMILES string of the molecule is CC(C)(C)OC(=O)Cc1ccc(C(=O)OCCC2CCN(c3ncc(Cl)cn3)CC2)cc1F.O=C(O)Cc1ccc(C(=O)OCCC2CCN(c3ncc(Cl)cn3)CC2)cc1F. The zero-order valence-electron chi connectivity index (χ0n) is 34.8. The molecule has 62 heavy (non-hydrogen) atoms. The number of carboxylic acid groups (broad SMARTS) is 1. The van der Waals surface area contributed by atoms with Crippen molar-refractivity contribution in [1.82, 2.24) is 19.9 Å².